The Kier molecular flexibility index (Phi) is 3.49. The number of carbonyl (C=O) groups is 2. The number of fused-ring (bicyclic) bond motifs is 2. The first-order valence-corrected chi connectivity index (χ1v) is 8.45. The third-order valence-corrected chi connectivity index (χ3v) is 5.52. The Labute approximate surface area is 131 Å². The smallest absolute Gasteiger partial charge is 0.261 e. The molecular weight excluding hydrogens is 276 g/mol. The summed E-state index contributed by atoms with van der Waals surface area (Å²) >= 11 is 0. The van der Waals surface area contributed by atoms with E-state index in [0.29, 0.717) is 29.6 Å². The summed E-state index contributed by atoms with van der Waals surface area (Å²) in [5.74, 6) is 0.235. The average Bonchev–Trinajstić information content (AvgIpc) is 2.81. The molecule has 0 radical (unpaired) electrons. The van der Waals surface area contributed by atoms with Gasteiger partial charge in [0.2, 0.25) is 0 Å². The lowest BCUT2D eigenvalue weighted by Gasteiger charge is -2.45. The second-order valence-corrected chi connectivity index (χ2v) is 6.77. The summed E-state index contributed by atoms with van der Waals surface area (Å²) in [6.45, 7) is 2.96. The minimum absolute atomic E-state index is 0.103. The molecular formula is C18H22N2O2. The van der Waals surface area contributed by atoms with Crippen LogP contribution in [0, 0.1) is 5.92 Å². The number of piperidine rings is 2. The minimum atomic E-state index is -0.103. The van der Waals surface area contributed by atoms with Crippen LogP contribution in [0.5, 0.6) is 0 Å². The van der Waals surface area contributed by atoms with Crippen molar-refractivity contribution in [1.29, 1.82) is 0 Å². The Bertz CT molecular complexity index is 576. The molecule has 116 valence electrons. The molecule has 2 atom stereocenters. The second kappa shape index (κ2) is 5.51. The molecule has 3 aliphatic heterocycles. The Morgan fingerprint density at radius 1 is 0.909 bits per heavy atom. The quantitative estimate of drug-likeness (QED) is 0.788. The van der Waals surface area contributed by atoms with E-state index in [1.54, 1.807) is 12.1 Å². The molecule has 0 N–H and O–H groups in total. The molecule has 0 aliphatic carbocycles. The highest BCUT2D eigenvalue weighted by molar-refractivity contribution is 6.21. The van der Waals surface area contributed by atoms with E-state index in [2.05, 4.69) is 4.90 Å². The van der Waals surface area contributed by atoms with Crippen LogP contribution in [0.1, 0.15) is 52.8 Å². The molecule has 0 aromatic heterocycles. The van der Waals surface area contributed by atoms with E-state index < -0.39 is 0 Å². The maximum atomic E-state index is 12.5. The SMILES string of the molecule is O=C1c2ccccc2C(=O)N1C[C@@H]1CCCN2CCCC[C@@H]12. The van der Waals surface area contributed by atoms with Crippen LogP contribution in [-0.2, 0) is 0 Å². The van der Waals surface area contributed by atoms with Gasteiger partial charge in [-0.15, -0.1) is 0 Å². The van der Waals surface area contributed by atoms with E-state index in [4.69, 9.17) is 0 Å². The summed E-state index contributed by atoms with van der Waals surface area (Å²) < 4.78 is 0. The molecule has 0 bridgehead atoms. The van der Waals surface area contributed by atoms with Crippen molar-refractivity contribution in [2.24, 2.45) is 5.92 Å². The molecule has 0 saturated carbocycles. The maximum Gasteiger partial charge on any atom is 0.261 e. The number of amides is 2. The Balaban J connectivity index is 1.54. The number of carbonyl (C=O) groups excluding carboxylic acids is 2. The van der Waals surface area contributed by atoms with Crippen molar-refractivity contribution in [2.75, 3.05) is 19.6 Å². The first-order valence-electron chi connectivity index (χ1n) is 8.45. The third kappa shape index (κ3) is 2.17. The van der Waals surface area contributed by atoms with Gasteiger partial charge in [-0.2, -0.15) is 0 Å². The highest BCUT2D eigenvalue weighted by Crippen LogP contribution is 2.33. The number of hydrogen-bond acceptors (Lipinski definition) is 3. The van der Waals surface area contributed by atoms with Gasteiger partial charge in [-0.1, -0.05) is 18.6 Å². The zero-order valence-corrected chi connectivity index (χ0v) is 12.8. The van der Waals surface area contributed by atoms with Gasteiger partial charge in [-0.3, -0.25) is 14.5 Å². The fourth-order valence-corrected chi connectivity index (χ4v) is 4.43. The van der Waals surface area contributed by atoms with E-state index in [1.165, 1.54) is 43.7 Å². The van der Waals surface area contributed by atoms with Gasteiger partial charge >= 0.3 is 0 Å². The molecule has 0 unspecified atom stereocenters. The van der Waals surface area contributed by atoms with Gasteiger partial charge in [0.25, 0.3) is 11.8 Å². The van der Waals surface area contributed by atoms with Crippen LogP contribution in [0.4, 0.5) is 0 Å². The summed E-state index contributed by atoms with van der Waals surface area (Å²) in [5.41, 5.74) is 1.15. The van der Waals surface area contributed by atoms with E-state index in [0.717, 1.165) is 6.42 Å². The summed E-state index contributed by atoms with van der Waals surface area (Å²) in [7, 11) is 0. The molecule has 2 amide bonds. The van der Waals surface area contributed by atoms with Gasteiger partial charge in [0.15, 0.2) is 0 Å². The second-order valence-electron chi connectivity index (χ2n) is 6.77. The van der Waals surface area contributed by atoms with Crippen molar-refractivity contribution in [3.8, 4) is 0 Å². The van der Waals surface area contributed by atoms with Crippen molar-refractivity contribution in [3.05, 3.63) is 35.4 Å². The Morgan fingerprint density at radius 3 is 2.32 bits per heavy atom. The molecule has 2 saturated heterocycles. The van der Waals surface area contributed by atoms with Crippen LogP contribution in [0.2, 0.25) is 0 Å². The van der Waals surface area contributed by atoms with Crippen molar-refractivity contribution >= 4 is 11.8 Å². The lowest BCUT2D eigenvalue weighted by atomic mass is 9.83. The number of nitrogens with zero attached hydrogens (tertiary/aromatic N) is 2. The fourth-order valence-electron chi connectivity index (χ4n) is 4.43. The lowest BCUT2D eigenvalue weighted by molar-refractivity contribution is 0.0353. The van der Waals surface area contributed by atoms with Crippen molar-refractivity contribution in [2.45, 2.75) is 38.1 Å². The fraction of sp³-hybridized carbons (Fsp3) is 0.556. The Hall–Kier alpha value is -1.68. The zero-order chi connectivity index (χ0) is 15.1. The topological polar surface area (TPSA) is 40.6 Å². The van der Waals surface area contributed by atoms with E-state index in [9.17, 15) is 9.59 Å². The van der Waals surface area contributed by atoms with Crippen LogP contribution in [0.25, 0.3) is 0 Å². The molecule has 3 heterocycles. The van der Waals surface area contributed by atoms with E-state index in [-0.39, 0.29) is 11.8 Å². The molecule has 1 aromatic carbocycles. The van der Waals surface area contributed by atoms with Crippen LogP contribution in [-0.4, -0.2) is 47.3 Å². The third-order valence-electron chi connectivity index (χ3n) is 5.52. The number of benzene rings is 1. The molecule has 22 heavy (non-hydrogen) atoms. The average molecular weight is 298 g/mol. The van der Waals surface area contributed by atoms with Crippen LogP contribution < -0.4 is 0 Å². The predicted molar refractivity (Wildman–Crippen MR) is 83.7 cm³/mol. The molecule has 1 aromatic rings. The number of rotatable bonds is 2. The largest absolute Gasteiger partial charge is 0.300 e. The van der Waals surface area contributed by atoms with Gasteiger partial charge in [-0.25, -0.2) is 0 Å². The highest BCUT2D eigenvalue weighted by atomic mass is 16.2. The molecule has 4 nitrogen and oxygen atoms in total. The zero-order valence-electron chi connectivity index (χ0n) is 12.8. The first kappa shape index (κ1) is 13.9. The van der Waals surface area contributed by atoms with E-state index in [1.807, 2.05) is 12.1 Å². The van der Waals surface area contributed by atoms with Crippen molar-refractivity contribution in [1.82, 2.24) is 9.80 Å². The summed E-state index contributed by atoms with van der Waals surface area (Å²) in [6.07, 6.45) is 6.10. The van der Waals surface area contributed by atoms with Gasteiger partial charge in [0, 0.05) is 12.6 Å². The lowest BCUT2D eigenvalue weighted by Crippen LogP contribution is -2.51. The van der Waals surface area contributed by atoms with Crippen molar-refractivity contribution < 1.29 is 9.59 Å². The van der Waals surface area contributed by atoms with Crippen LogP contribution in [0.3, 0.4) is 0 Å². The molecule has 4 heteroatoms. The Morgan fingerprint density at radius 2 is 1.59 bits per heavy atom. The summed E-state index contributed by atoms with van der Waals surface area (Å²) in [6, 6.07) is 7.76. The van der Waals surface area contributed by atoms with Crippen molar-refractivity contribution in [3.63, 3.8) is 0 Å². The molecule has 4 rings (SSSR count). The predicted octanol–water partition coefficient (Wildman–Crippen LogP) is 2.55. The molecule has 3 aliphatic rings. The first-order chi connectivity index (χ1) is 10.8. The van der Waals surface area contributed by atoms with Gasteiger partial charge in [-0.05, 0) is 56.8 Å². The van der Waals surface area contributed by atoms with E-state index >= 15 is 0 Å². The molecule has 0 spiro atoms. The summed E-state index contributed by atoms with van der Waals surface area (Å²) in [4.78, 5) is 29.1. The van der Waals surface area contributed by atoms with Gasteiger partial charge < -0.3 is 4.90 Å². The highest BCUT2D eigenvalue weighted by Gasteiger charge is 2.40. The molecule has 2 fully saturated rings. The monoisotopic (exact) mass is 298 g/mol. The number of imide groups is 1. The minimum Gasteiger partial charge on any atom is -0.300 e. The number of hydrogen-bond donors (Lipinski definition) is 0. The normalized spacial score (nSPS) is 28.6. The maximum absolute atomic E-state index is 12.5. The van der Waals surface area contributed by atoms with Gasteiger partial charge in [0.1, 0.15) is 0 Å². The van der Waals surface area contributed by atoms with Gasteiger partial charge in [0.05, 0.1) is 11.1 Å². The van der Waals surface area contributed by atoms with Crippen LogP contribution in [0.15, 0.2) is 24.3 Å². The standard InChI is InChI=1S/C18H22N2O2/c21-17-14-7-1-2-8-15(14)18(22)20(17)12-13-6-5-11-19-10-4-3-9-16(13)19/h1-2,7-8,13,16H,3-6,9-12H2/t13-,16-/m0/s1. The summed E-state index contributed by atoms with van der Waals surface area (Å²) in [5, 5.41) is 0. The van der Waals surface area contributed by atoms with Crippen LogP contribution >= 0.6 is 0 Å².